The maximum absolute atomic E-state index is 12.9. The van der Waals surface area contributed by atoms with Crippen LogP contribution in [-0.4, -0.2) is 43.8 Å². The molecule has 3 heterocycles. The molecule has 1 aliphatic heterocycles. The van der Waals surface area contributed by atoms with Crippen LogP contribution >= 0.6 is 11.3 Å². The lowest BCUT2D eigenvalue weighted by Crippen LogP contribution is -2.36. The van der Waals surface area contributed by atoms with Crippen molar-refractivity contribution < 1.29 is 17.9 Å². The number of aromatic nitrogens is 1. The van der Waals surface area contributed by atoms with Crippen molar-refractivity contribution in [3.63, 3.8) is 0 Å². The Morgan fingerprint density at radius 1 is 1.28 bits per heavy atom. The van der Waals surface area contributed by atoms with Crippen molar-refractivity contribution in [2.45, 2.75) is 24.2 Å². The fourth-order valence-corrected chi connectivity index (χ4v) is 5.55. The highest BCUT2D eigenvalue weighted by Crippen LogP contribution is 2.29. The maximum Gasteiger partial charge on any atom is 0.267 e. The molecule has 9 heteroatoms. The van der Waals surface area contributed by atoms with E-state index in [2.05, 4.69) is 10.3 Å². The quantitative estimate of drug-likeness (QED) is 0.860. The Balaban J connectivity index is 1.87. The number of carbonyl (C=O) groups excluding carboxylic acids is 1. The number of ether oxygens (including phenoxy) is 1. The normalized spacial score (nSPS) is 15.7. The third-order valence-electron chi connectivity index (χ3n) is 3.98. The fourth-order valence-electron chi connectivity index (χ4n) is 2.74. The molecular formula is C16H19N3O4S2. The van der Waals surface area contributed by atoms with Crippen LogP contribution in [0.5, 0.6) is 5.88 Å². The second-order valence-electron chi connectivity index (χ2n) is 5.59. The predicted octanol–water partition coefficient (Wildman–Crippen LogP) is 2.58. The molecule has 0 aromatic carbocycles. The van der Waals surface area contributed by atoms with Gasteiger partial charge in [-0.2, -0.15) is 4.31 Å². The minimum atomic E-state index is -3.67. The van der Waals surface area contributed by atoms with Crippen LogP contribution in [0.3, 0.4) is 0 Å². The van der Waals surface area contributed by atoms with Crippen molar-refractivity contribution in [2.24, 2.45) is 0 Å². The molecule has 0 atom stereocenters. The van der Waals surface area contributed by atoms with E-state index in [0.29, 0.717) is 18.8 Å². The number of anilines is 1. The van der Waals surface area contributed by atoms with E-state index in [4.69, 9.17) is 4.74 Å². The molecule has 3 rings (SSSR count). The van der Waals surface area contributed by atoms with Crippen molar-refractivity contribution in [3.8, 4) is 5.88 Å². The molecule has 2 aromatic heterocycles. The lowest BCUT2D eigenvalue weighted by molar-refractivity contribution is 0.102. The molecule has 25 heavy (non-hydrogen) atoms. The topological polar surface area (TPSA) is 88.6 Å². The standard InChI is InChI=1S/C16H19N3O4S2/c1-23-16-12(6-5-8-17-16)18-15(20)14-13(7-11-24-14)25(21,22)19-9-3-2-4-10-19/h5-8,11H,2-4,9-10H2,1H3,(H,18,20). The second-order valence-corrected chi connectivity index (χ2v) is 8.42. The summed E-state index contributed by atoms with van der Waals surface area (Å²) in [6.07, 6.45) is 4.27. The number of pyridine rings is 1. The third kappa shape index (κ3) is 3.68. The molecule has 0 radical (unpaired) electrons. The van der Waals surface area contributed by atoms with Crippen molar-refractivity contribution in [1.82, 2.24) is 9.29 Å². The Labute approximate surface area is 150 Å². The van der Waals surface area contributed by atoms with E-state index in [-0.39, 0.29) is 15.7 Å². The van der Waals surface area contributed by atoms with E-state index in [1.165, 1.54) is 17.5 Å². The first kappa shape index (κ1) is 17.8. The number of sulfonamides is 1. The number of thiophene rings is 1. The molecule has 1 fully saturated rings. The highest BCUT2D eigenvalue weighted by atomic mass is 32.2. The molecule has 1 saturated heterocycles. The number of hydrogen-bond donors (Lipinski definition) is 1. The molecule has 1 amide bonds. The van der Waals surface area contributed by atoms with Crippen LogP contribution in [0.25, 0.3) is 0 Å². The van der Waals surface area contributed by atoms with E-state index in [1.807, 2.05) is 0 Å². The van der Waals surface area contributed by atoms with Gasteiger partial charge in [0.15, 0.2) is 0 Å². The van der Waals surface area contributed by atoms with Gasteiger partial charge < -0.3 is 10.1 Å². The van der Waals surface area contributed by atoms with Crippen molar-refractivity contribution in [1.29, 1.82) is 0 Å². The monoisotopic (exact) mass is 381 g/mol. The summed E-state index contributed by atoms with van der Waals surface area (Å²) >= 11 is 1.10. The number of nitrogens with zero attached hydrogens (tertiary/aromatic N) is 2. The minimum absolute atomic E-state index is 0.0553. The highest BCUT2D eigenvalue weighted by molar-refractivity contribution is 7.89. The van der Waals surface area contributed by atoms with Gasteiger partial charge in [0.25, 0.3) is 5.91 Å². The first-order valence-electron chi connectivity index (χ1n) is 7.92. The van der Waals surface area contributed by atoms with Gasteiger partial charge in [-0.05, 0) is 36.4 Å². The molecule has 134 valence electrons. The van der Waals surface area contributed by atoms with Crippen LogP contribution in [0, 0.1) is 0 Å². The van der Waals surface area contributed by atoms with E-state index >= 15 is 0 Å². The summed E-state index contributed by atoms with van der Waals surface area (Å²) in [6, 6.07) is 4.80. The number of carbonyl (C=O) groups is 1. The first-order chi connectivity index (χ1) is 12.0. The summed E-state index contributed by atoms with van der Waals surface area (Å²) in [5, 5.41) is 4.30. The first-order valence-corrected chi connectivity index (χ1v) is 10.2. The van der Waals surface area contributed by atoms with Crippen molar-refractivity contribution in [2.75, 3.05) is 25.5 Å². The van der Waals surface area contributed by atoms with Gasteiger partial charge in [-0.25, -0.2) is 13.4 Å². The van der Waals surface area contributed by atoms with Crippen LogP contribution in [0.2, 0.25) is 0 Å². The van der Waals surface area contributed by atoms with Crippen molar-refractivity contribution in [3.05, 3.63) is 34.7 Å². The third-order valence-corrected chi connectivity index (χ3v) is 6.96. The van der Waals surface area contributed by atoms with Crippen LogP contribution in [0.1, 0.15) is 28.9 Å². The summed E-state index contributed by atoms with van der Waals surface area (Å²) in [5.41, 5.74) is 0.393. The Hall–Kier alpha value is -1.97. The second kappa shape index (κ2) is 7.51. The van der Waals surface area contributed by atoms with Gasteiger partial charge in [0.2, 0.25) is 15.9 Å². The average molecular weight is 381 g/mol. The fraction of sp³-hybridized carbons (Fsp3) is 0.375. The summed E-state index contributed by atoms with van der Waals surface area (Å²) in [7, 11) is -2.21. The number of amides is 1. The van der Waals surface area contributed by atoms with Gasteiger partial charge in [-0.3, -0.25) is 4.79 Å². The predicted molar refractivity (Wildman–Crippen MR) is 95.7 cm³/mol. The van der Waals surface area contributed by atoms with Crippen LogP contribution in [0.4, 0.5) is 5.69 Å². The van der Waals surface area contributed by atoms with Gasteiger partial charge in [0.05, 0.1) is 7.11 Å². The number of methoxy groups -OCH3 is 1. The number of piperidine rings is 1. The Morgan fingerprint density at radius 2 is 2.04 bits per heavy atom. The molecule has 2 aromatic rings. The molecule has 1 aliphatic rings. The van der Waals surface area contributed by atoms with E-state index < -0.39 is 15.9 Å². The van der Waals surface area contributed by atoms with Crippen LogP contribution in [-0.2, 0) is 10.0 Å². The number of hydrogen-bond acceptors (Lipinski definition) is 6. The maximum atomic E-state index is 12.9. The molecular weight excluding hydrogens is 362 g/mol. The Bertz CT molecular complexity index is 858. The van der Waals surface area contributed by atoms with Gasteiger partial charge in [0, 0.05) is 19.3 Å². The SMILES string of the molecule is COc1ncccc1NC(=O)c1sccc1S(=O)(=O)N1CCCCC1. The summed E-state index contributed by atoms with van der Waals surface area (Å²) in [4.78, 5) is 16.9. The molecule has 0 spiro atoms. The summed E-state index contributed by atoms with van der Waals surface area (Å²) < 4.78 is 32.3. The molecule has 7 nitrogen and oxygen atoms in total. The zero-order valence-corrected chi connectivity index (χ0v) is 15.4. The summed E-state index contributed by atoms with van der Waals surface area (Å²) in [5.74, 6) is -0.218. The largest absolute Gasteiger partial charge is 0.480 e. The Morgan fingerprint density at radius 3 is 2.76 bits per heavy atom. The van der Waals surface area contributed by atoms with Crippen molar-refractivity contribution >= 4 is 33.0 Å². The summed E-state index contributed by atoms with van der Waals surface area (Å²) in [6.45, 7) is 0.991. The molecule has 0 bridgehead atoms. The van der Waals surface area contributed by atoms with E-state index in [1.54, 1.807) is 23.7 Å². The van der Waals surface area contributed by atoms with Crippen LogP contribution in [0.15, 0.2) is 34.7 Å². The number of rotatable bonds is 5. The lowest BCUT2D eigenvalue weighted by Gasteiger charge is -2.25. The number of nitrogens with one attached hydrogen (secondary N) is 1. The molecule has 1 N–H and O–H groups in total. The van der Waals surface area contributed by atoms with Gasteiger partial charge in [-0.1, -0.05) is 6.42 Å². The molecule has 0 unspecified atom stereocenters. The highest BCUT2D eigenvalue weighted by Gasteiger charge is 2.31. The lowest BCUT2D eigenvalue weighted by atomic mass is 10.2. The smallest absolute Gasteiger partial charge is 0.267 e. The van der Waals surface area contributed by atoms with Gasteiger partial charge >= 0.3 is 0 Å². The zero-order chi connectivity index (χ0) is 17.9. The van der Waals surface area contributed by atoms with Gasteiger partial charge in [-0.15, -0.1) is 11.3 Å². The van der Waals surface area contributed by atoms with Crippen LogP contribution < -0.4 is 10.1 Å². The zero-order valence-electron chi connectivity index (χ0n) is 13.8. The van der Waals surface area contributed by atoms with E-state index in [0.717, 1.165) is 30.6 Å². The minimum Gasteiger partial charge on any atom is -0.480 e. The van der Waals surface area contributed by atoms with E-state index in [9.17, 15) is 13.2 Å². The molecule has 0 aliphatic carbocycles. The Kier molecular flexibility index (Phi) is 5.36. The average Bonchev–Trinajstić information content (AvgIpc) is 3.14. The van der Waals surface area contributed by atoms with Gasteiger partial charge in [0.1, 0.15) is 15.5 Å². The molecule has 0 saturated carbocycles.